The minimum absolute atomic E-state index is 0.196. The molecular weight excluding hydrogens is 188 g/mol. The minimum Gasteiger partial charge on any atom is -0.345 e. The smallest absolute Gasteiger partial charge is 0.227 e. The van der Waals surface area contributed by atoms with Crippen molar-refractivity contribution in [1.82, 2.24) is 10.2 Å². The average molecular weight is 212 g/mol. The standard InChI is InChI=1S/C12H24N2O/c1-9(2)5-6-14(4)12(15)11-8-13-7-10(11)3/h9-11,13H,5-8H2,1-4H3. The Balaban J connectivity index is 2.38. The summed E-state index contributed by atoms with van der Waals surface area (Å²) >= 11 is 0. The van der Waals surface area contributed by atoms with E-state index in [1.807, 2.05) is 11.9 Å². The molecule has 1 heterocycles. The van der Waals surface area contributed by atoms with E-state index in [4.69, 9.17) is 0 Å². The molecule has 0 aliphatic carbocycles. The van der Waals surface area contributed by atoms with Gasteiger partial charge in [-0.15, -0.1) is 0 Å². The molecule has 0 aromatic heterocycles. The lowest BCUT2D eigenvalue weighted by molar-refractivity contribution is -0.134. The molecule has 15 heavy (non-hydrogen) atoms. The Bertz CT molecular complexity index is 216. The van der Waals surface area contributed by atoms with Crippen LogP contribution in [0.15, 0.2) is 0 Å². The van der Waals surface area contributed by atoms with Gasteiger partial charge in [0.05, 0.1) is 5.92 Å². The topological polar surface area (TPSA) is 32.3 Å². The van der Waals surface area contributed by atoms with Crippen LogP contribution in [0.25, 0.3) is 0 Å². The Morgan fingerprint density at radius 3 is 2.60 bits per heavy atom. The second-order valence-corrected chi connectivity index (χ2v) is 5.18. The third-order valence-electron chi connectivity index (χ3n) is 3.25. The van der Waals surface area contributed by atoms with Crippen LogP contribution in [0.4, 0.5) is 0 Å². The summed E-state index contributed by atoms with van der Waals surface area (Å²) in [6, 6.07) is 0. The molecule has 0 aromatic carbocycles. The molecule has 0 bridgehead atoms. The van der Waals surface area contributed by atoms with E-state index >= 15 is 0 Å². The fourth-order valence-corrected chi connectivity index (χ4v) is 1.99. The average Bonchev–Trinajstić information content (AvgIpc) is 2.59. The first-order valence-corrected chi connectivity index (χ1v) is 5.98. The van der Waals surface area contributed by atoms with Crippen LogP contribution in [0.3, 0.4) is 0 Å². The van der Waals surface area contributed by atoms with Crippen LogP contribution in [-0.2, 0) is 4.79 Å². The van der Waals surface area contributed by atoms with Crippen LogP contribution in [0.5, 0.6) is 0 Å². The Kier molecular flexibility index (Phi) is 4.58. The number of amides is 1. The van der Waals surface area contributed by atoms with Crippen molar-refractivity contribution in [3.05, 3.63) is 0 Å². The van der Waals surface area contributed by atoms with E-state index < -0.39 is 0 Å². The first-order valence-electron chi connectivity index (χ1n) is 5.98. The summed E-state index contributed by atoms with van der Waals surface area (Å²) < 4.78 is 0. The van der Waals surface area contributed by atoms with Crippen molar-refractivity contribution in [1.29, 1.82) is 0 Å². The molecule has 2 atom stereocenters. The predicted molar refractivity (Wildman–Crippen MR) is 62.6 cm³/mol. The predicted octanol–water partition coefficient (Wildman–Crippen LogP) is 1.35. The summed E-state index contributed by atoms with van der Waals surface area (Å²) in [7, 11) is 1.93. The molecule has 0 radical (unpaired) electrons. The Hall–Kier alpha value is -0.570. The highest BCUT2D eigenvalue weighted by molar-refractivity contribution is 5.79. The lowest BCUT2D eigenvalue weighted by Gasteiger charge is -2.23. The molecule has 1 aliphatic rings. The van der Waals surface area contributed by atoms with E-state index in [0.29, 0.717) is 17.7 Å². The number of hydrogen-bond acceptors (Lipinski definition) is 2. The van der Waals surface area contributed by atoms with Gasteiger partial charge >= 0.3 is 0 Å². The normalized spacial score (nSPS) is 25.9. The third-order valence-corrected chi connectivity index (χ3v) is 3.25. The van der Waals surface area contributed by atoms with Crippen molar-refractivity contribution in [2.24, 2.45) is 17.8 Å². The van der Waals surface area contributed by atoms with Gasteiger partial charge < -0.3 is 10.2 Å². The van der Waals surface area contributed by atoms with E-state index in [-0.39, 0.29) is 5.92 Å². The molecule has 2 unspecified atom stereocenters. The zero-order valence-corrected chi connectivity index (χ0v) is 10.4. The monoisotopic (exact) mass is 212 g/mol. The molecular formula is C12H24N2O. The van der Waals surface area contributed by atoms with Crippen molar-refractivity contribution in [2.45, 2.75) is 27.2 Å². The maximum atomic E-state index is 12.1. The maximum absolute atomic E-state index is 12.1. The SMILES string of the molecule is CC(C)CCN(C)C(=O)C1CNCC1C. The highest BCUT2D eigenvalue weighted by Gasteiger charge is 2.31. The van der Waals surface area contributed by atoms with Crippen molar-refractivity contribution >= 4 is 5.91 Å². The first kappa shape index (κ1) is 12.5. The van der Waals surface area contributed by atoms with Crippen LogP contribution in [0.2, 0.25) is 0 Å². The van der Waals surface area contributed by atoms with Crippen LogP contribution >= 0.6 is 0 Å². The summed E-state index contributed by atoms with van der Waals surface area (Å²) in [6.07, 6.45) is 1.09. The molecule has 1 fully saturated rings. The highest BCUT2D eigenvalue weighted by Crippen LogP contribution is 2.18. The summed E-state index contributed by atoms with van der Waals surface area (Å²) in [5.41, 5.74) is 0. The number of nitrogens with zero attached hydrogens (tertiary/aromatic N) is 1. The maximum Gasteiger partial charge on any atom is 0.227 e. The molecule has 0 spiro atoms. The van der Waals surface area contributed by atoms with Gasteiger partial charge in [0.2, 0.25) is 5.91 Å². The van der Waals surface area contributed by atoms with Crippen molar-refractivity contribution in [3.63, 3.8) is 0 Å². The van der Waals surface area contributed by atoms with Crippen LogP contribution in [0, 0.1) is 17.8 Å². The van der Waals surface area contributed by atoms with E-state index in [0.717, 1.165) is 26.1 Å². The van der Waals surface area contributed by atoms with Gasteiger partial charge in [-0.1, -0.05) is 20.8 Å². The zero-order valence-electron chi connectivity index (χ0n) is 10.4. The fraction of sp³-hybridized carbons (Fsp3) is 0.917. The second kappa shape index (κ2) is 5.50. The largest absolute Gasteiger partial charge is 0.345 e. The summed E-state index contributed by atoms with van der Waals surface area (Å²) in [5, 5.41) is 3.28. The number of nitrogens with one attached hydrogen (secondary N) is 1. The molecule has 1 saturated heterocycles. The Morgan fingerprint density at radius 2 is 2.13 bits per heavy atom. The number of carbonyl (C=O) groups excluding carboxylic acids is 1. The van der Waals surface area contributed by atoms with Crippen molar-refractivity contribution in [3.8, 4) is 0 Å². The van der Waals surface area contributed by atoms with Crippen molar-refractivity contribution < 1.29 is 4.79 Å². The molecule has 3 heteroatoms. The molecule has 1 rings (SSSR count). The van der Waals surface area contributed by atoms with Crippen molar-refractivity contribution in [2.75, 3.05) is 26.7 Å². The van der Waals surface area contributed by atoms with Gasteiger partial charge in [-0.25, -0.2) is 0 Å². The van der Waals surface area contributed by atoms with Gasteiger partial charge in [0.15, 0.2) is 0 Å². The van der Waals surface area contributed by atoms with E-state index in [1.165, 1.54) is 0 Å². The summed E-state index contributed by atoms with van der Waals surface area (Å²) in [5.74, 6) is 1.66. The lowest BCUT2D eigenvalue weighted by Crippen LogP contribution is -2.37. The van der Waals surface area contributed by atoms with E-state index in [2.05, 4.69) is 26.1 Å². The number of hydrogen-bond donors (Lipinski definition) is 1. The fourth-order valence-electron chi connectivity index (χ4n) is 1.99. The van der Waals surface area contributed by atoms with Crippen LogP contribution in [0.1, 0.15) is 27.2 Å². The summed E-state index contributed by atoms with van der Waals surface area (Å²) in [6.45, 7) is 9.26. The minimum atomic E-state index is 0.196. The van der Waals surface area contributed by atoms with Gasteiger partial charge in [-0.3, -0.25) is 4.79 Å². The van der Waals surface area contributed by atoms with E-state index in [1.54, 1.807) is 0 Å². The first-order chi connectivity index (χ1) is 7.02. The number of rotatable bonds is 4. The van der Waals surface area contributed by atoms with Gasteiger partial charge in [-0.05, 0) is 24.8 Å². The zero-order chi connectivity index (χ0) is 11.4. The molecule has 3 nitrogen and oxygen atoms in total. The lowest BCUT2D eigenvalue weighted by atomic mass is 9.96. The van der Waals surface area contributed by atoms with Gasteiger partial charge in [0, 0.05) is 20.1 Å². The molecule has 1 amide bonds. The van der Waals surface area contributed by atoms with Gasteiger partial charge in [0.1, 0.15) is 0 Å². The molecule has 1 aliphatic heterocycles. The molecule has 0 aromatic rings. The Labute approximate surface area is 93.2 Å². The highest BCUT2D eigenvalue weighted by atomic mass is 16.2. The molecule has 1 N–H and O–H groups in total. The van der Waals surface area contributed by atoms with E-state index in [9.17, 15) is 4.79 Å². The molecule has 0 saturated carbocycles. The van der Waals surface area contributed by atoms with Gasteiger partial charge in [0.25, 0.3) is 0 Å². The van der Waals surface area contributed by atoms with Gasteiger partial charge in [-0.2, -0.15) is 0 Å². The second-order valence-electron chi connectivity index (χ2n) is 5.18. The third kappa shape index (κ3) is 3.49. The Morgan fingerprint density at radius 1 is 1.47 bits per heavy atom. The van der Waals surface area contributed by atoms with Crippen LogP contribution < -0.4 is 5.32 Å². The van der Waals surface area contributed by atoms with Crippen LogP contribution in [-0.4, -0.2) is 37.5 Å². The quantitative estimate of drug-likeness (QED) is 0.763. The number of carbonyl (C=O) groups is 1. The molecule has 88 valence electrons. The summed E-state index contributed by atoms with van der Waals surface area (Å²) in [4.78, 5) is 14.0.